The monoisotopic (exact) mass is 400 g/mol. The molecular formula is C17H24N2O5S2. The Kier molecular flexibility index (Phi) is 5.41. The Morgan fingerprint density at radius 3 is 2.27 bits per heavy atom. The summed E-state index contributed by atoms with van der Waals surface area (Å²) in [5, 5.41) is 2.70. The van der Waals surface area contributed by atoms with Crippen LogP contribution in [0.4, 0.5) is 0 Å². The average Bonchev–Trinajstić information content (AvgIpc) is 2.94. The standard InChI is InChI=1S/C17H24N2O5S2/c1-13-6-9-19(10-7-13)26(23,24)16-4-2-14(3-5-16)17(20)18-15-8-11-25(21,22)12-15/h2-5,13,15H,6-12H2,1H3,(H,18,20)/t15-/m1/s1. The summed E-state index contributed by atoms with van der Waals surface area (Å²) in [6.07, 6.45) is 2.11. The molecule has 26 heavy (non-hydrogen) atoms. The molecule has 7 nitrogen and oxygen atoms in total. The van der Waals surface area contributed by atoms with Crippen LogP contribution in [0.5, 0.6) is 0 Å². The molecular weight excluding hydrogens is 376 g/mol. The molecule has 1 aromatic carbocycles. The van der Waals surface area contributed by atoms with E-state index >= 15 is 0 Å². The highest BCUT2D eigenvalue weighted by atomic mass is 32.2. The highest BCUT2D eigenvalue weighted by molar-refractivity contribution is 7.91. The molecule has 144 valence electrons. The maximum atomic E-state index is 12.7. The largest absolute Gasteiger partial charge is 0.348 e. The summed E-state index contributed by atoms with van der Waals surface area (Å²) >= 11 is 0. The van der Waals surface area contributed by atoms with Crippen LogP contribution in [0.1, 0.15) is 36.5 Å². The van der Waals surface area contributed by atoms with E-state index < -0.39 is 19.9 Å². The third kappa shape index (κ3) is 4.27. The number of hydrogen-bond donors (Lipinski definition) is 1. The number of hydrogen-bond acceptors (Lipinski definition) is 5. The van der Waals surface area contributed by atoms with Crippen molar-refractivity contribution in [1.29, 1.82) is 0 Å². The first kappa shape index (κ1) is 19.3. The quantitative estimate of drug-likeness (QED) is 0.813. The number of rotatable bonds is 4. The molecule has 0 aromatic heterocycles. The third-order valence-electron chi connectivity index (χ3n) is 5.06. The lowest BCUT2D eigenvalue weighted by Crippen LogP contribution is -2.38. The minimum Gasteiger partial charge on any atom is -0.348 e. The Bertz CT molecular complexity index is 870. The van der Waals surface area contributed by atoms with Crippen molar-refractivity contribution in [3.8, 4) is 0 Å². The lowest BCUT2D eigenvalue weighted by Gasteiger charge is -2.29. The molecule has 2 saturated heterocycles. The average molecular weight is 401 g/mol. The van der Waals surface area contributed by atoms with Gasteiger partial charge in [0, 0.05) is 24.7 Å². The van der Waals surface area contributed by atoms with Gasteiger partial charge in [-0.05, 0) is 49.4 Å². The fourth-order valence-electron chi connectivity index (χ4n) is 3.33. The number of carbonyl (C=O) groups is 1. The van der Waals surface area contributed by atoms with Gasteiger partial charge in [0.1, 0.15) is 0 Å². The number of piperidine rings is 1. The number of nitrogens with zero attached hydrogens (tertiary/aromatic N) is 1. The summed E-state index contributed by atoms with van der Waals surface area (Å²) in [5.41, 5.74) is 0.320. The Morgan fingerprint density at radius 1 is 1.12 bits per heavy atom. The predicted molar refractivity (Wildman–Crippen MR) is 98.1 cm³/mol. The summed E-state index contributed by atoms with van der Waals surface area (Å²) in [4.78, 5) is 12.4. The van der Waals surface area contributed by atoms with E-state index in [0.717, 1.165) is 12.8 Å². The van der Waals surface area contributed by atoms with E-state index in [2.05, 4.69) is 12.2 Å². The van der Waals surface area contributed by atoms with Crippen LogP contribution in [0.3, 0.4) is 0 Å². The maximum Gasteiger partial charge on any atom is 0.251 e. The van der Waals surface area contributed by atoms with Crippen LogP contribution in [-0.4, -0.2) is 57.7 Å². The topological polar surface area (TPSA) is 101 Å². The zero-order chi connectivity index (χ0) is 18.9. The van der Waals surface area contributed by atoms with Crippen molar-refractivity contribution >= 4 is 25.8 Å². The second-order valence-corrected chi connectivity index (χ2v) is 11.4. The summed E-state index contributed by atoms with van der Waals surface area (Å²) in [7, 11) is -6.61. The predicted octanol–water partition coefficient (Wildman–Crippen LogP) is 1.02. The van der Waals surface area contributed by atoms with Crippen LogP contribution >= 0.6 is 0 Å². The Labute approximate surface area is 154 Å². The van der Waals surface area contributed by atoms with Gasteiger partial charge in [-0.2, -0.15) is 4.31 Å². The highest BCUT2D eigenvalue weighted by Crippen LogP contribution is 2.23. The fraction of sp³-hybridized carbons (Fsp3) is 0.588. The summed E-state index contributed by atoms with van der Waals surface area (Å²) < 4.78 is 49.8. The number of nitrogens with one attached hydrogen (secondary N) is 1. The van der Waals surface area contributed by atoms with E-state index in [9.17, 15) is 21.6 Å². The van der Waals surface area contributed by atoms with Gasteiger partial charge in [0.05, 0.1) is 16.4 Å². The maximum absolute atomic E-state index is 12.7. The smallest absolute Gasteiger partial charge is 0.251 e. The number of sulfone groups is 1. The number of carbonyl (C=O) groups excluding carboxylic acids is 1. The lowest BCUT2D eigenvalue weighted by atomic mass is 10.0. The van der Waals surface area contributed by atoms with Crippen molar-refractivity contribution in [3.63, 3.8) is 0 Å². The van der Waals surface area contributed by atoms with Gasteiger partial charge in [-0.3, -0.25) is 4.79 Å². The van der Waals surface area contributed by atoms with Crippen LogP contribution in [0, 0.1) is 5.92 Å². The first-order valence-corrected chi connectivity index (χ1v) is 12.0. The summed E-state index contributed by atoms with van der Waals surface area (Å²) in [6, 6.07) is 5.43. The molecule has 2 heterocycles. The number of amides is 1. The van der Waals surface area contributed by atoms with Crippen LogP contribution in [-0.2, 0) is 19.9 Å². The minimum absolute atomic E-state index is 0.0431. The molecule has 0 unspecified atom stereocenters. The molecule has 3 rings (SSSR count). The van der Waals surface area contributed by atoms with Crippen LogP contribution in [0.25, 0.3) is 0 Å². The van der Waals surface area contributed by atoms with Crippen molar-refractivity contribution in [1.82, 2.24) is 9.62 Å². The molecule has 2 aliphatic rings. The zero-order valence-corrected chi connectivity index (χ0v) is 16.4. The van der Waals surface area contributed by atoms with Gasteiger partial charge in [0.25, 0.3) is 5.91 Å². The summed E-state index contributed by atoms with van der Waals surface area (Å²) in [6.45, 7) is 3.15. The lowest BCUT2D eigenvalue weighted by molar-refractivity contribution is 0.0941. The van der Waals surface area contributed by atoms with Gasteiger partial charge in [0.2, 0.25) is 10.0 Å². The molecule has 0 bridgehead atoms. The first-order chi connectivity index (χ1) is 12.2. The van der Waals surface area contributed by atoms with Crippen molar-refractivity contribution in [2.45, 2.75) is 37.1 Å². The SMILES string of the molecule is CC1CCN(S(=O)(=O)c2ccc(C(=O)N[C@@H]3CCS(=O)(=O)C3)cc2)CC1. The normalized spacial score (nSPS) is 24.4. The van der Waals surface area contributed by atoms with Gasteiger partial charge < -0.3 is 5.32 Å². The first-order valence-electron chi connectivity index (χ1n) is 8.79. The van der Waals surface area contributed by atoms with Gasteiger partial charge >= 0.3 is 0 Å². The van der Waals surface area contributed by atoms with E-state index in [1.807, 2.05) is 0 Å². The fourth-order valence-corrected chi connectivity index (χ4v) is 6.47. The van der Waals surface area contributed by atoms with E-state index in [0.29, 0.717) is 31.0 Å². The second kappa shape index (κ2) is 7.28. The van der Waals surface area contributed by atoms with Crippen molar-refractivity contribution in [3.05, 3.63) is 29.8 Å². The van der Waals surface area contributed by atoms with Crippen molar-refractivity contribution < 1.29 is 21.6 Å². The molecule has 1 N–H and O–H groups in total. The molecule has 0 aliphatic carbocycles. The van der Waals surface area contributed by atoms with Gasteiger partial charge in [0.15, 0.2) is 9.84 Å². The van der Waals surface area contributed by atoms with Crippen molar-refractivity contribution in [2.24, 2.45) is 5.92 Å². The minimum atomic E-state index is -3.54. The number of sulfonamides is 1. The molecule has 1 amide bonds. The number of benzene rings is 1. The Balaban J connectivity index is 1.67. The van der Waals surface area contributed by atoms with E-state index in [1.54, 1.807) is 0 Å². The Hall–Kier alpha value is -1.45. The molecule has 9 heteroatoms. The molecule has 2 fully saturated rings. The Morgan fingerprint density at radius 2 is 1.73 bits per heavy atom. The second-order valence-electron chi connectivity index (χ2n) is 7.18. The molecule has 1 atom stereocenters. The third-order valence-corrected chi connectivity index (χ3v) is 8.75. The zero-order valence-electron chi connectivity index (χ0n) is 14.7. The molecule has 2 aliphatic heterocycles. The van der Waals surface area contributed by atoms with Crippen LogP contribution < -0.4 is 5.32 Å². The van der Waals surface area contributed by atoms with E-state index in [4.69, 9.17) is 0 Å². The van der Waals surface area contributed by atoms with Gasteiger partial charge in [-0.25, -0.2) is 16.8 Å². The highest BCUT2D eigenvalue weighted by Gasteiger charge is 2.30. The molecule has 0 spiro atoms. The molecule has 0 radical (unpaired) electrons. The van der Waals surface area contributed by atoms with Crippen molar-refractivity contribution in [2.75, 3.05) is 24.6 Å². The van der Waals surface area contributed by atoms with E-state index in [-0.39, 0.29) is 28.4 Å². The van der Waals surface area contributed by atoms with Gasteiger partial charge in [-0.1, -0.05) is 6.92 Å². The van der Waals surface area contributed by atoms with Gasteiger partial charge in [-0.15, -0.1) is 0 Å². The van der Waals surface area contributed by atoms with Crippen LogP contribution in [0.2, 0.25) is 0 Å². The van der Waals surface area contributed by atoms with E-state index in [1.165, 1.54) is 28.6 Å². The summed E-state index contributed by atoms with van der Waals surface area (Å²) in [5.74, 6) is 0.192. The van der Waals surface area contributed by atoms with Crippen LogP contribution in [0.15, 0.2) is 29.2 Å². The molecule has 0 saturated carbocycles. The molecule has 1 aromatic rings.